The first-order chi connectivity index (χ1) is 14.0. The molecule has 2 aromatic carbocycles. The van der Waals surface area contributed by atoms with Crippen LogP contribution in [0, 0.1) is 5.82 Å². The molecule has 29 heavy (non-hydrogen) atoms. The van der Waals surface area contributed by atoms with Gasteiger partial charge in [-0.15, -0.1) is 0 Å². The monoisotopic (exact) mass is 393 g/mol. The summed E-state index contributed by atoms with van der Waals surface area (Å²) in [5, 5.41) is 0. The third-order valence-corrected chi connectivity index (χ3v) is 5.70. The van der Waals surface area contributed by atoms with Gasteiger partial charge in [0.05, 0.1) is 6.54 Å². The predicted molar refractivity (Wildman–Crippen MR) is 106 cm³/mol. The van der Waals surface area contributed by atoms with E-state index in [-0.39, 0.29) is 24.3 Å². The van der Waals surface area contributed by atoms with Crippen LogP contribution in [0.5, 0.6) is 0 Å². The first-order valence-corrected chi connectivity index (χ1v) is 9.54. The lowest BCUT2D eigenvalue weighted by molar-refractivity contribution is -0.137. The van der Waals surface area contributed by atoms with E-state index < -0.39 is 12.2 Å². The summed E-state index contributed by atoms with van der Waals surface area (Å²) in [5.41, 5.74) is 1.71. The van der Waals surface area contributed by atoms with E-state index in [1.807, 2.05) is 40.1 Å². The van der Waals surface area contributed by atoms with Gasteiger partial charge in [-0.2, -0.15) is 0 Å². The average Bonchev–Trinajstić information content (AvgIpc) is 3.30. The number of guanidine groups is 1. The largest absolute Gasteiger partial charge is 0.328 e. The molecule has 2 saturated heterocycles. The number of urea groups is 1. The van der Waals surface area contributed by atoms with Gasteiger partial charge < -0.3 is 14.7 Å². The number of hydrogen-bond donors (Lipinski definition) is 0. The molecule has 2 aromatic rings. The Labute approximate surface area is 167 Å². The molecule has 0 saturated carbocycles. The number of carbonyl (C=O) groups excluding carboxylic acids is 2. The van der Waals surface area contributed by atoms with Crippen molar-refractivity contribution in [3.63, 3.8) is 0 Å². The van der Waals surface area contributed by atoms with Gasteiger partial charge in [0, 0.05) is 25.8 Å². The summed E-state index contributed by atoms with van der Waals surface area (Å²) in [7, 11) is 1.68. The van der Waals surface area contributed by atoms with Crippen LogP contribution in [-0.4, -0.2) is 64.9 Å². The lowest BCUT2D eigenvalue weighted by Gasteiger charge is -2.40. The molecule has 2 unspecified atom stereocenters. The van der Waals surface area contributed by atoms with Crippen molar-refractivity contribution in [3.8, 4) is 0 Å². The van der Waals surface area contributed by atoms with Crippen LogP contribution in [0.25, 0.3) is 0 Å². The van der Waals surface area contributed by atoms with Crippen molar-refractivity contribution in [1.82, 2.24) is 14.7 Å². The van der Waals surface area contributed by atoms with Gasteiger partial charge in [0.2, 0.25) is 5.96 Å². The van der Waals surface area contributed by atoms with Crippen LogP contribution in [0.2, 0.25) is 0 Å². The van der Waals surface area contributed by atoms with Gasteiger partial charge in [-0.1, -0.05) is 30.3 Å². The SMILES string of the molecule is CN1C(=O)N(Cc2ccccc2)C(=O)C2C1N=C1N(c3ccc(F)cc3)CCN12. The average molecular weight is 393 g/mol. The minimum absolute atomic E-state index is 0.233. The number of fused-ring (bicyclic) bond motifs is 3. The Morgan fingerprint density at radius 2 is 1.76 bits per heavy atom. The zero-order valence-electron chi connectivity index (χ0n) is 15.9. The number of anilines is 1. The van der Waals surface area contributed by atoms with Crippen molar-refractivity contribution in [2.75, 3.05) is 25.0 Å². The molecule has 148 valence electrons. The van der Waals surface area contributed by atoms with E-state index in [1.54, 1.807) is 19.2 Å². The normalized spacial score (nSPS) is 23.4. The first-order valence-electron chi connectivity index (χ1n) is 9.54. The van der Waals surface area contributed by atoms with Crippen molar-refractivity contribution in [2.24, 2.45) is 4.99 Å². The van der Waals surface area contributed by atoms with Crippen molar-refractivity contribution in [1.29, 1.82) is 0 Å². The second-order valence-corrected chi connectivity index (χ2v) is 7.41. The number of hydrogen-bond acceptors (Lipinski definition) is 5. The number of rotatable bonds is 3. The smallest absolute Gasteiger partial charge is 0.325 e. The van der Waals surface area contributed by atoms with Crippen LogP contribution < -0.4 is 4.90 Å². The molecule has 3 aliphatic rings. The van der Waals surface area contributed by atoms with Gasteiger partial charge in [-0.3, -0.25) is 9.69 Å². The second kappa shape index (κ2) is 6.58. The van der Waals surface area contributed by atoms with E-state index in [9.17, 15) is 14.0 Å². The van der Waals surface area contributed by atoms with Gasteiger partial charge in [0.15, 0.2) is 12.2 Å². The molecule has 0 radical (unpaired) electrons. The highest BCUT2D eigenvalue weighted by atomic mass is 19.1. The van der Waals surface area contributed by atoms with Crippen LogP contribution in [0.3, 0.4) is 0 Å². The summed E-state index contributed by atoms with van der Waals surface area (Å²) < 4.78 is 13.3. The van der Waals surface area contributed by atoms with Crippen LogP contribution in [0.1, 0.15) is 5.56 Å². The highest BCUT2D eigenvalue weighted by Crippen LogP contribution is 2.33. The van der Waals surface area contributed by atoms with Crippen LogP contribution >= 0.6 is 0 Å². The third-order valence-electron chi connectivity index (χ3n) is 5.70. The molecule has 3 amide bonds. The number of nitrogens with zero attached hydrogens (tertiary/aromatic N) is 5. The highest BCUT2D eigenvalue weighted by Gasteiger charge is 2.54. The molecule has 3 heterocycles. The van der Waals surface area contributed by atoms with E-state index in [0.29, 0.717) is 19.0 Å². The molecule has 0 spiro atoms. The minimum Gasteiger partial charge on any atom is -0.325 e. The first kappa shape index (κ1) is 17.7. The maximum Gasteiger partial charge on any atom is 0.328 e. The topological polar surface area (TPSA) is 59.5 Å². The van der Waals surface area contributed by atoms with E-state index in [4.69, 9.17) is 4.99 Å². The molecule has 0 aliphatic carbocycles. The summed E-state index contributed by atoms with van der Waals surface area (Å²) in [4.78, 5) is 37.6. The molecule has 3 aliphatic heterocycles. The molecule has 0 N–H and O–H groups in total. The molecule has 5 rings (SSSR count). The Morgan fingerprint density at radius 1 is 1.03 bits per heavy atom. The molecule has 0 aromatic heterocycles. The van der Waals surface area contributed by atoms with E-state index in [0.717, 1.165) is 11.3 Å². The number of amides is 3. The van der Waals surface area contributed by atoms with Crippen LogP contribution in [0.4, 0.5) is 14.9 Å². The van der Waals surface area contributed by atoms with Gasteiger partial charge in [-0.05, 0) is 29.8 Å². The lowest BCUT2D eigenvalue weighted by atomic mass is 10.1. The Balaban J connectivity index is 1.44. The van der Waals surface area contributed by atoms with Crippen LogP contribution in [-0.2, 0) is 11.3 Å². The zero-order chi connectivity index (χ0) is 20.1. The van der Waals surface area contributed by atoms with Gasteiger partial charge in [0.25, 0.3) is 5.91 Å². The Morgan fingerprint density at radius 3 is 2.48 bits per heavy atom. The predicted octanol–water partition coefficient (Wildman–Crippen LogP) is 2.11. The van der Waals surface area contributed by atoms with Crippen molar-refractivity contribution in [3.05, 3.63) is 66.0 Å². The molecular formula is C21H20FN5O2. The van der Waals surface area contributed by atoms with E-state index >= 15 is 0 Å². The number of likely N-dealkylation sites (N-methyl/N-ethyl adjacent to an activating group) is 1. The fourth-order valence-corrected chi connectivity index (χ4v) is 4.21. The number of imide groups is 1. The molecule has 7 nitrogen and oxygen atoms in total. The highest BCUT2D eigenvalue weighted by molar-refractivity contribution is 6.07. The quantitative estimate of drug-likeness (QED) is 0.802. The zero-order valence-corrected chi connectivity index (χ0v) is 15.9. The van der Waals surface area contributed by atoms with Gasteiger partial charge in [0.1, 0.15) is 5.82 Å². The van der Waals surface area contributed by atoms with Gasteiger partial charge >= 0.3 is 6.03 Å². The number of halogens is 1. The summed E-state index contributed by atoms with van der Waals surface area (Å²) in [6.07, 6.45) is -0.555. The summed E-state index contributed by atoms with van der Waals surface area (Å²) >= 11 is 0. The van der Waals surface area contributed by atoms with E-state index in [2.05, 4.69) is 0 Å². The van der Waals surface area contributed by atoms with Crippen molar-refractivity contribution < 1.29 is 14.0 Å². The van der Waals surface area contributed by atoms with Crippen molar-refractivity contribution >= 4 is 23.6 Å². The molecular weight excluding hydrogens is 373 g/mol. The maximum absolute atomic E-state index is 13.3. The molecule has 2 fully saturated rings. The Bertz CT molecular complexity index is 994. The standard InChI is InChI=1S/C21H20FN5O2/c1-24-18-17(19(28)27(21(24)29)13-14-5-3-2-4-6-14)26-12-11-25(20(26)23-18)16-9-7-15(22)8-10-16/h2-10,17-18H,11-13H2,1H3. The number of carbonyl (C=O) groups is 2. The Kier molecular flexibility index (Phi) is 4.01. The van der Waals surface area contributed by atoms with Crippen molar-refractivity contribution in [2.45, 2.75) is 18.8 Å². The fourth-order valence-electron chi connectivity index (χ4n) is 4.21. The lowest BCUT2D eigenvalue weighted by Crippen LogP contribution is -2.64. The molecule has 8 heteroatoms. The number of aliphatic imine (C=N–C) groups is 1. The third kappa shape index (κ3) is 2.74. The fraction of sp³-hybridized carbons (Fsp3) is 0.286. The Hall–Kier alpha value is -3.42. The van der Waals surface area contributed by atoms with E-state index in [1.165, 1.54) is 21.9 Å². The maximum atomic E-state index is 13.3. The molecule has 0 bridgehead atoms. The summed E-state index contributed by atoms with van der Waals surface area (Å²) in [6, 6.07) is 14.8. The van der Waals surface area contributed by atoms with Crippen LogP contribution in [0.15, 0.2) is 59.6 Å². The molecule has 2 atom stereocenters. The minimum atomic E-state index is -0.555. The second-order valence-electron chi connectivity index (χ2n) is 7.41. The number of benzene rings is 2. The van der Waals surface area contributed by atoms with Gasteiger partial charge in [-0.25, -0.2) is 14.2 Å². The summed E-state index contributed by atoms with van der Waals surface area (Å²) in [5.74, 6) is 0.117. The summed E-state index contributed by atoms with van der Waals surface area (Å²) in [6.45, 7) is 1.50.